The highest BCUT2D eigenvalue weighted by Crippen LogP contribution is 2.33. The summed E-state index contributed by atoms with van der Waals surface area (Å²) in [5.74, 6) is -0.829. The van der Waals surface area contributed by atoms with Crippen LogP contribution in [0.1, 0.15) is 25.0 Å². The fourth-order valence-corrected chi connectivity index (χ4v) is 2.56. The summed E-state index contributed by atoms with van der Waals surface area (Å²) < 4.78 is 1.43. The lowest BCUT2D eigenvalue weighted by Crippen LogP contribution is -2.20. The maximum absolute atomic E-state index is 11.0. The van der Waals surface area contributed by atoms with E-state index in [4.69, 9.17) is 5.11 Å². The van der Waals surface area contributed by atoms with E-state index in [1.807, 2.05) is 0 Å². The van der Waals surface area contributed by atoms with Crippen molar-refractivity contribution < 1.29 is 14.8 Å². The first-order valence-electron chi connectivity index (χ1n) is 6.07. The molecule has 1 heterocycles. The third kappa shape index (κ3) is 2.51. The van der Waals surface area contributed by atoms with Crippen molar-refractivity contribution in [1.82, 2.24) is 9.78 Å². The minimum absolute atomic E-state index is 0.0405. The molecule has 1 fully saturated rings. The number of carboxylic acid groups (broad SMARTS) is 1. The van der Waals surface area contributed by atoms with E-state index in [2.05, 4.69) is 10.4 Å². The zero-order valence-corrected chi connectivity index (χ0v) is 10.8. The highest BCUT2D eigenvalue weighted by molar-refractivity contribution is 5.70. The van der Waals surface area contributed by atoms with Crippen molar-refractivity contribution in [3.05, 3.63) is 15.8 Å². The highest BCUT2D eigenvalue weighted by atomic mass is 16.6. The molecule has 0 bridgehead atoms. The number of nitrogens with zero attached hydrogens (tertiary/aromatic N) is 3. The maximum Gasteiger partial charge on any atom is 0.333 e. The molecule has 104 valence electrons. The number of aromatic nitrogens is 2. The molecule has 1 aliphatic carbocycles. The van der Waals surface area contributed by atoms with Crippen molar-refractivity contribution >= 4 is 17.5 Å². The Morgan fingerprint density at radius 3 is 2.79 bits per heavy atom. The van der Waals surface area contributed by atoms with E-state index in [1.54, 1.807) is 14.0 Å². The van der Waals surface area contributed by atoms with Crippen LogP contribution in [0.2, 0.25) is 0 Å². The predicted molar refractivity (Wildman–Crippen MR) is 67.0 cm³/mol. The standard InChI is InChI=1S/C11H16N4O4/c1-6-9(15(18)19)10(14(2)13-6)12-8-4-3-7(5-8)11(16)17/h7-8,12H,3-5H2,1-2H3,(H,16,17). The molecule has 8 nitrogen and oxygen atoms in total. The topological polar surface area (TPSA) is 110 Å². The number of hydrogen-bond acceptors (Lipinski definition) is 5. The molecule has 0 aliphatic heterocycles. The third-order valence-corrected chi connectivity index (χ3v) is 3.50. The van der Waals surface area contributed by atoms with Crippen molar-refractivity contribution in [2.75, 3.05) is 5.32 Å². The summed E-state index contributed by atoms with van der Waals surface area (Å²) in [5, 5.41) is 27.1. The van der Waals surface area contributed by atoms with Gasteiger partial charge in [-0.25, -0.2) is 4.68 Å². The van der Waals surface area contributed by atoms with Gasteiger partial charge in [0.1, 0.15) is 5.69 Å². The van der Waals surface area contributed by atoms with E-state index < -0.39 is 10.9 Å². The van der Waals surface area contributed by atoms with Crippen molar-refractivity contribution in [2.45, 2.75) is 32.2 Å². The molecular weight excluding hydrogens is 252 g/mol. The minimum Gasteiger partial charge on any atom is -0.481 e. The average Bonchev–Trinajstić information content (AvgIpc) is 2.85. The third-order valence-electron chi connectivity index (χ3n) is 3.50. The summed E-state index contributed by atoms with van der Waals surface area (Å²) in [6.45, 7) is 1.58. The first-order valence-corrected chi connectivity index (χ1v) is 6.07. The normalized spacial score (nSPS) is 22.4. The van der Waals surface area contributed by atoms with Gasteiger partial charge in [-0.05, 0) is 26.2 Å². The fraction of sp³-hybridized carbons (Fsp3) is 0.636. The van der Waals surface area contributed by atoms with E-state index in [1.165, 1.54) is 4.68 Å². The van der Waals surface area contributed by atoms with Gasteiger partial charge in [0.2, 0.25) is 5.82 Å². The minimum atomic E-state index is -0.806. The van der Waals surface area contributed by atoms with Gasteiger partial charge in [0.25, 0.3) is 0 Å². The summed E-state index contributed by atoms with van der Waals surface area (Å²) in [6.07, 6.45) is 1.77. The molecule has 2 unspecified atom stereocenters. The Hall–Kier alpha value is -2.12. The lowest BCUT2D eigenvalue weighted by atomic mass is 10.1. The zero-order valence-electron chi connectivity index (χ0n) is 10.8. The van der Waals surface area contributed by atoms with Crippen LogP contribution in [0.3, 0.4) is 0 Å². The Bertz CT molecular complexity index is 525. The van der Waals surface area contributed by atoms with Gasteiger partial charge in [-0.3, -0.25) is 14.9 Å². The van der Waals surface area contributed by atoms with Crippen molar-refractivity contribution in [1.29, 1.82) is 0 Å². The van der Waals surface area contributed by atoms with Crippen molar-refractivity contribution in [2.24, 2.45) is 13.0 Å². The zero-order chi connectivity index (χ0) is 14.2. The van der Waals surface area contributed by atoms with Gasteiger partial charge >= 0.3 is 11.7 Å². The Morgan fingerprint density at radius 2 is 2.26 bits per heavy atom. The molecule has 1 aromatic heterocycles. The number of aryl methyl sites for hydroxylation is 2. The Labute approximate surface area is 109 Å². The van der Waals surface area contributed by atoms with E-state index >= 15 is 0 Å². The molecular formula is C11H16N4O4. The predicted octanol–water partition coefficient (Wildman–Crippen LogP) is 1.30. The van der Waals surface area contributed by atoms with Crippen LogP contribution < -0.4 is 5.32 Å². The molecule has 2 N–H and O–H groups in total. The second-order valence-electron chi connectivity index (χ2n) is 4.85. The molecule has 2 rings (SSSR count). The number of aliphatic carboxylic acids is 1. The Balaban J connectivity index is 2.16. The number of nitrogens with one attached hydrogen (secondary N) is 1. The van der Waals surface area contributed by atoms with Crippen molar-refractivity contribution in [3.63, 3.8) is 0 Å². The number of hydrogen-bond donors (Lipinski definition) is 2. The van der Waals surface area contributed by atoms with Crippen LogP contribution in [0, 0.1) is 23.0 Å². The smallest absolute Gasteiger partial charge is 0.333 e. The van der Waals surface area contributed by atoms with E-state index in [9.17, 15) is 14.9 Å². The molecule has 8 heteroatoms. The van der Waals surface area contributed by atoms with Gasteiger partial charge in [0, 0.05) is 13.1 Å². The van der Waals surface area contributed by atoms with Crippen LogP contribution in [0.4, 0.5) is 11.5 Å². The number of nitro groups is 1. The Morgan fingerprint density at radius 1 is 1.58 bits per heavy atom. The van der Waals surface area contributed by atoms with Crippen LogP contribution in [0.15, 0.2) is 0 Å². The monoisotopic (exact) mass is 268 g/mol. The maximum atomic E-state index is 11.0. The highest BCUT2D eigenvalue weighted by Gasteiger charge is 2.32. The van der Waals surface area contributed by atoms with Crippen molar-refractivity contribution in [3.8, 4) is 0 Å². The summed E-state index contributed by atoms with van der Waals surface area (Å²) in [6, 6.07) is -0.0606. The van der Waals surface area contributed by atoms with Crippen LogP contribution in [0.25, 0.3) is 0 Å². The summed E-state index contributed by atoms with van der Waals surface area (Å²) in [5.41, 5.74) is 0.309. The van der Waals surface area contributed by atoms with E-state index in [-0.39, 0.29) is 17.6 Å². The average molecular weight is 268 g/mol. The molecule has 0 aromatic carbocycles. The quantitative estimate of drug-likeness (QED) is 0.629. The largest absolute Gasteiger partial charge is 0.481 e. The van der Waals surface area contributed by atoms with Crippen LogP contribution in [0.5, 0.6) is 0 Å². The number of anilines is 1. The SMILES string of the molecule is Cc1nn(C)c(NC2CCC(C(=O)O)C2)c1[N+](=O)[O-]. The van der Waals surface area contributed by atoms with Gasteiger partial charge in [-0.2, -0.15) is 5.10 Å². The molecule has 1 aliphatic rings. The summed E-state index contributed by atoms with van der Waals surface area (Å²) in [7, 11) is 1.63. The molecule has 1 saturated carbocycles. The Kier molecular flexibility index (Phi) is 3.41. The van der Waals surface area contributed by atoms with Gasteiger partial charge in [0.15, 0.2) is 0 Å². The molecule has 0 saturated heterocycles. The van der Waals surface area contributed by atoms with Crippen LogP contribution >= 0.6 is 0 Å². The molecule has 0 amide bonds. The number of rotatable bonds is 4. The molecule has 2 atom stereocenters. The second kappa shape index (κ2) is 4.87. The number of carboxylic acids is 1. The molecule has 0 radical (unpaired) electrons. The lowest BCUT2D eigenvalue weighted by molar-refractivity contribution is -0.384. The van der Waals surface area contributed by atoms with E-state index in [0.29, 0.717) is 30.8 Å². The number of carbonyl (C=O) groups is 1. The van der Waals surface area contributed by atoms with Gasteiger partial charge in [-0.15, -0.1) is 0 Å². The van der Waals surface area contributed by atoms with Crippen LogP contribution in [-0.4, -0.2) is 31.8 Å². The van der Waals surface area contributed by atoms with Crippen LogP contribution in [-0.2, 0) is 11.8 Å². The second-order valence-corrected chi connectivity index (χ2v) is 4.85. The first kappa shape index (κ1) is 13.3. The summed E-state index contributed by atoms with van der Waals surface area (Å²) in [4.78, 5) is 21.4. The van der Waals surface area contributed by atoms with E-state index in [0.717, 1.165) is 0 Å². The molecule has 19 heavy (non-hydrogen) atoms. The lowest BCUT2D eigenvalue weighted by Gasteiger charge is -2.13. The fourth-order valence-electron chi connectivity index (χ4n) is 2.56. The summed E-state index contributed by atoms with van der Waals surface area (Å²) >= 11 is 0. The van der Waals surface area contributed by atoms with Gasteiger partial charge in [0.05, 0.1) is 10.8 Å². The molecule has 1 aromatic rings. The van der Waals surface area contributed by atoms with Gasteiger partial charge in [-0.1, -0.05) is 0 Å². The first-order chi connectivity index (χ1) is 8.90. The molecule has 0 spiro atoms. The van der Waals surface area contributed by atoms with Gasteiger partial charge < -0.3 is 10.4 Å².